The third-order valence-corrected chi connectivity index (χ3v) is 5.10. The molecule has 20 heavy (non-hydrogen) atoms. The van der Waals surface area contributed by atoms with Crippen LogP contribution >= 0.6 is 15.9 Å². The van der Waals surface area contributed by atoms with Crippen LogP contribution in [0.4, 0.5) is 5.82 Å². The topological polar surface area (TPSA) is 68.3 Å². The van der Waals surface area contributed by atoms with Gasteiger partial charge in [-0.2, -0.15) is 0 Å². The zero-order valence-corrected chi connectivity index (χ0v) is 13.8. The summed E-state index contributed by atoms with van der Waals surface area (Å²) < 4.78 is 29.6. The van der Waals surface area contributed by atoms with E-state index in [2.05, 4.69) is 26.2 Å². The molecule has 1 N–H and O–H groups in total. The third-order valence-electron chi connectivity index (χ3n) is 3.49. The van der Waals surface area contributed by atoms with E-state index >= 15 is 0 Å². The van der Waals surface area contributed by atoms with Crippen LogP contribution in [0.25, 0.3) is 0 Å². The van der Waals surface area contributed by atoms with Crippen LogP contribution in [0.15, 0.2) is 22.8 Å². The third kappa shape index (κ3) is 4.71. The average molecular weight is 363 g/mol. The molecule has 0 aliphatic carbocycles. The van der Waals surface area contributed by atoms with Crippen molar-refractivity contribution in [3.63, 3.8) is 0 Å². The van der Waals surface area contributed by atoms with Gasteiger partial charge in [-0.1, -0.05) is 0 Å². The summed E-state index contributed by atoms with van der Waals surface area (Å²) in [6.07, 6.45) is 4.52. The SMILES string of the molecule is CS(=O)(=O)CC1(CNc2ccc(Br)cn2)CCOCC1. The molecule has 0 bridgehead atoms. The molecule has 0 radical (unpaired) electrons. The number of sulfone groups is 1. The number of rotatable bonds is 5. The lowest BCUT2D eigenvalue weighted by Crippen LogP contribution is -2.41. The molecule has 2 heterocycles. The van der Waals surface area contributed by atoms with E-state index < -0.39 is 9.84 Å². The van der Waals surface area contributed by atoms with Crippen LogP contribution in [0, 0.1) is 5.41 Å². The minimum absolute atomic E-state index is 0.187. The normalized spacial score (nSPS) is 18.7. The summed E-state index contributed by atoms with van der Waals surface area (Å²) in [5.41, 5.74) is -0.263. The Hall–Kier alpha value is -0.660. The van der Waals surface area contributed by atoms with Gasteiger partial charge >= 0.3 is 0 Å². The van der Waals surface area contributed by atoms with Gasteiger partial charge in [-0.15, -0.1) is 0 Å². The van der Waals surface area contributed by atoms with Crippen molar-refractivity contribution in [1.29, 1.82) is 0 Å². The van der Waals surface area contributed by atoms with Crippen LogP contribution < -0.4 is 5.32 Å². The minimum atomic E-state index is -3.02. The fourth-order valence-electron chi connectivity index (χ4n) is 2.49. The summed E-state index contributed by atoms with van der Waals surface area (Å²) in [6.45, 7) is 1.83. The molecule has 1 fully saturated rings. The predicted molar refractivity (Wildman–Crippen MR) is 82.6 cm³/mol. The molecule has 0 atom stereocenters. The Kier molecular flexibility index (Phi) is 5.04. The summed E-state index contributed by atoms with van der Waals surface area (Å²) in [5, 5.41) is 3.25. The molecule has 1 aromatic heterocycles. The number of halogens is 1. The van der Waals surface area contributed by atoms with Crippen molar-refractivity contribution in [2.45, 2.75) is 12.8 Å². The number of hydrogen-bond donors (Lipinski definition) is 1. The first-order valence-corrected chi connectivity index (χ1v) is 9.35. The zero-order valence-electron chi connectivity index (χ0n) is 11.4. The fourth-order valence-corrected chi connectivity index (χ4v) is 4.23. The molecule has 0 spiro atoms. The van der Waals surface area contributed by atoms with Crippen molar-refractivity contribution < 1.29 is 13.2 Å². The lowest BCUT2D eigenvalue weighted by Gasteiger charge is -2.36. The van der Waals surface area contributed by atoms with Gasteiger partial charge < -0.3 is 10.1 Å². The minimum Gasteiger partial charge on any atom is -0.381 e. The Labute approximate surface area is 128 Å². The van der Waals surface area contributed by atoms with E-state index in [-0.39, 0.29) is 11.2 Å². The molecule has 1 aromatic rings. The number of nitrogens with one attached hydrogen (secondary N) is 1. The molecular formula is C13H19BrN2O3S. The highest BCUT2D eigenvalue weighted by Crippen LogP contribution is 2.32. The van der Waals surface area contributed by atoms with E-state index in [1.807, 2.05) is 12.1 Å². The van der Waals surface area contributed by atoms with Crippen molar-refractivity contribution in [1.82, 2.24) is 4.98 Å². The Morgan fingerprint density at radius 1 is 1.40 bits per heavy atom. The maximum atomic E-state index is 11.7. The van der Waals surface area contributed by atoms with Crippen molar-refractivity contribution in [3.05, 3.63) is 22.8 Å². The smallest absolute Gasteiger partial charge is 0.148 e. The van der Waals surface area contributed by atoms with E-state index in [0.717, 1.165) is 23.1 Å². The first-order chi connectivity index (χ1) is 9.39. The second kappa shape index (κ2) is 6.41. The maximum Gasteiger partial charge on any atom is 0.148 e. The number of nitrogens with zero attached hydrogens (tertiary/aromatic N) is 1. The highest BCUT2D eigenvalue weighted by atomic mass is 79.9. The highest BCUT2D eigenvalue weighted by Gasteiger charge is 2.35. The molecule has 7 heteroatoms. The highest BCUT2D eigenvalue weighted by molar-refractivity contribution is 9.10. The summed E-state index contributed by atoms with van der Waals surface area (Å²) in [6, 6.07) is 3.78. The van der Waals surface area contributed by atoms with Crippen LogP contribution in [0.3, 0.4) is 0 Å². The van der Waals surface area contributed by atoms with Gasteiger partial charge in [0.1, 0.15) is 15.7 Å². The number of anilines is 1. The van der Waals surface area contributed by atoms with E-state index in [4.69, 9.17) is 4.74 Å². The summed E-state index contributed by atoms with van der Waals surface area (Å²) in [5.74, 6) is 0.944. The lowest BCUT2D eigenvalue weighted by molar-refractivity contribution is 0.0315. The van der Waals surface area contributed by atoms with E-state index in [1.54, 1.807) is 6.20 Å². The molecule has 2 rings (SSSR count). The molecule has 0 saturated carbocycles. The van der Waals surface area contributed by atoms with Crippen LogP contribution in [0.2, 0.25) is 0 Å². The Morgan fingerprint density at radius 3 is 2.65 bits per heavy atom. The van der Waals surface area contributed by atoms with Gasteiger partial charge in [0.25, 0.3) is 0 Å². The van der Waals surface area contributed by atoms with Gasteiger partial charge in [-0.25, -0.2) is 13.4 Å². The van der Waals surface area contributed by atoms with Gasteiger partial charge in [0, 0.05) is 42.1 Å². The number of aromatic nitrogens is 1. The van der Waals surface area contributed by atoms with Crippen LogP contribution in [-0.4, -0.2) is 45.2 Å². The van der Waals surface area contributed by atoms with Crippen LogP contribution in [-0.2, 0) is 14.6 Å². The molecule has 5 nitrogen and oxygen atoms in total. The zero-order chi connectivity index (χ0) is 14.6. The molecule has 112 valence electrons. The summed E-state index contributed by atoms with van der Waals surface area (Å²) >= 11 is 3.34. The molecule has 1 aliphatic heterocycles. The second-order valence-corrected chi connectivity index (χ2v) is 8.45. The molecule has 1 saturated heterocycles. The van der Waals surface area contributed by atoms with Gasteiger partial charge in [0.2, 0.25) is 0 Å². The van der Waals surface area contributed by atoms with Crippen molar-refractivity contribution in [2.24, 2.45) is 5.41 Å². The first-order valence-electron chi connectivity index (χ1n) is 6.50. The largest absolute Gasteiger partial charge is 0.381 e. The summed E-state index contributed by atoms with van der Waals surface area (Å²) in [7, 11) is -3.02. The summed E-state index contributed by atoms with van der Waals surface area (Å²) in [4.78, 5) is 4.25. The molecule has 0 aromatic carbocycles. The molecule has 0 unspecified atom stereocenters. The van der Waals surface area contributed by atoms with Gasteiger partial charge in [0.05, 0.1) is 5.75 Å². The van der Waals surface area contributed by atoms with Crippen LogP contribution in [0.5, 0.6) is 0 Å². The molecule has 1 aliphatic rings. The van der Waals surface area contributed by atoms with Crippen LogP contribution in [0.1, 0.15) is 12.8 Å². The average Bonchev–Trinajstić information content (AvgIpc) is 2.37. The van der Waals surface area contributed by atoms with E-state index in [0.29, 0.717) is 19.8 Å². The van der Waals surface area contributed by atoms with Crippen molar-refractivity contribution >= 4 is 31.6 Å². The number of pyridine rings is 1. The number of hydrogen-bond acceptors (Lipinski definition) is 5. The Bertz CT molecular complexity index is 539. The number of ether oxygens (including phenoxy) is 1. The van der Waals surface area contributed by atoms with Gasteiger partial charge in [0.15, 0.2) is 0 Å². The van der Waals surface area contributed by atoms with Gasteiger partial charge in [-0.05, 0) is 40.9 Å². The monoisotopic (exact) mass is 362 g/mol. The molecular weight excluding hydrogens is 344 g/mol. The van der Waals surface area contributed by atoms with E-state index in [1.165, 1.54) is 6.26 Å². The lowest BCUT2D eigenvalue weighted by atomic mass is 9.82. The van der Waals surface area contributed by atoms with E-state index in [9.17, 15) is 8.42 Å². The quantitative estimate of drug-likeness (QED) is 0.868. The predicted octanol–water partition coefficient (Wildman–Crippen LogP) is 2.10. The first kappa shape index (κ1) is 15.7. The van der Waals surface area contributed by atoms with Crippen molar-refractivity contribution in [3.8, 4) is 0 Å². The van der Waals surface area contributed by atoms with Gasteiger partial charge in [-0.3, -0.25) is 0 Å². The second-order valence-electron chi connectivity index (χ2n) is 5.40. The molecule has 0 amide bonds. The maximum absolute atomic E-state index is 11.7. The van der Waals surface area contributed by atoms with Crippen molar-refractivity contribution in [2.75, 3.05) is 37.1 Å². The fraction of sp³-hybridized carbons (Fsp3) is 0.615. The Morgan fingerprint density at radius 2 is 2.10 bits per heavy atom. The Balaban J connectivity index is 2.06. The standard InChI is InChI=1S/C13H19BrN2O3S/c1-20(17,18)10-13(4-6-19-7-5-13)9-16-12-3-2-11(14)8-15-12/h2-3,8H,4-7,9-10H2,1H3,(H,15,16).